The molecule has 0 aromatic heterocycles. The predicted octanol–water partition coefficient (Wildman–Crippen LogP) is 2.49. The lowest BCUT2D eigenvalue weighted by Gasteiger charge is -2.35. The fraction of sp³-hybridized carbons (Fsp3) is 0.440. The summed E-state index contributed by atoms with van der Waals surface area (Å²) in [4.78, 5) is 29.4. The van der Waals surface area contributed by atoms with Crippen LogP contribution in [0.3, 0.4) is 0 Å². The van der Waals surface area contributed by atoms with Crippen molar-refractivity contribution in [3.63, 3.8) is 0 Å². The molecule has 8 heteroatoms. The van der Waals surface area contributed by atoms with Crippen molar-refractivity contribution in [1.82, 2.24) is 14.1 Å². The standard InChI is InChI=1S/C25H31N3O4S/c1-18-5-8-21(9-6-18)16-27-17-22(15-24(27)29)25(30)26-10-12-28(13-11-26)33(31,32)23-14-19(2)4-7-20(23)3/h4-9,14,22H,10-13,15-17H2,1-3H3/t22-/m0/s1. The number of rotatable bonds is 5. The molecular formula is C25H31N3O4S. The van der Waals surface area contributed by atoms with E-state index in [0.29, 0.717) is 31.1 Å². The summed E-state index contributed by atoms with van der Waals surface area (Å²) in [6, 6.07) is 13.5. The highest BCUT2D eigenvalue weighted by molar-refractivity contribution is 7.89. The molecule has 4 rings (SSSR count). The zero-order chi connectivity index (χ0) is 23.8. The van der Waals surface area contributed by atoms with Crippen LogP contribution < -0.4 is 0 Å². The van der Waals surface area contributed by atoms with Gasteiger partial charge in [-0.2, -0.15) is 4.31 Å². The number of likely N-dealkylation sites (tertiary alicyclic amines) is 1. The second kappa shape index (κ2) is 9.27. The lowest BCUT2D eigenvalue weighted by molar-refractivity contribution is -0.137. The number of carbonyl (C=O) groups excluding carboxylic acids is 2. The third-order valence-corrected chi connectivity index (χ3v) is 8.61. The molecule has 0 spiro atoms. The van der Waals surface area contributed by atoms with Gasteiger partial charge in [0.2, 0.25) is 21.8 Å². The Morgan fingerprint density at radius 1 is 0.939 bits per heavy atom. The minimum Gasteiger partial charge on any atom is -0.340 e. The van der Waals surface area contributed by atoms with E-state index in [1.807, 2.05) is 50.2 Å². The number of sulfonamides is 1. The van der Waals surface area contributed by atoms with Gasteiger partial charge in [-0.1, -0.05) is 42.0 Å². The van der Waals surface area contributed by atoms with Gasteiger partial charge < -0.3 is 9.80 Å². The molecule has 176 valence electrons. The molecule has 2 aliphatic heterocycles. The smallest absolute Gasteiger partial charge is 0.243 e. The normalized spacial score (nSPS) is 19.8. The first kappa shape index (κ1) is 23.4. The summed E-state index contributed by atoms with van der Waals surface area (Å²) in [7, 11) is -3.61. The molecular weight excluding hydrogens is 438 g/mol. The van der Waals surface area contributed by atoms with Gasteiger partial charge in [0.25, 0.3) is 0 Å². The van der Waals surface area contributed by atoms with Crippen LogP contribution in [0.4, 0.5) is 0 Å². The minimum atomic E-state index is -3.61. The molecule has 2 aromatic carbocycles. The largest absolute Gasteiger partial charge is 0.340 e. The van der Waals surface area contributed by atoms with Crippen molar-refractivity contribution in [2.45, 2.75) is 38.6 Å². The second-order valence-electron chi connectivity index (χ2n) is 9.16. The second-order valence-corrected chi connectivity index (χ2v) is 11.1. The van der Waals surface area contributed by atoms with E-state index in [9.17, 15) is 18.0 Å². The SMILES string of the molecule is Cc1ccc(CN2C[C@@H](C(=O)N3CCN(S(=O)(=O)c4cc(C)ccc4C)CC3)CC2=O)cc1. The van der Waals surface area contributed by atoms with Crippen molar-refractivity contribution in [2.75, 3.05) is 32.7 Å². The molecule has 0 radical (unpaired) electrons. The van der Waals surface area contributed by atoms with Gasteiger partial charge in [0.15, 0.2) is 0 Å². The third kappa shape index (κ3) is 4.96. The zero-order valence-corrected chi connectivity index (χ0v) is 20.3. The molecule has 0 unspecified atom stereocenters. The minimum absolute atomic E-state index is 0.00920. The third-order valence-electron chi connectivity index (χ3n) is 6.57. The summed E-state index contributed by atoms with van der Waals surface area (Å²) in [5.41, 5.74) is 3.83. The molecule has 0 bridgehead atoms. The van der Waals surface area contributed by atoms with Gasteiger partial charge >= 0.3 is 0 Å². The number of aryl methyl sites for hydroxylation is 3. The van der Waals surface area contributed by atoms with Crippen LogP contribution in [-0.2, 0) is 26.2 Å². The average Bonchev–Trinajstić information content (AvgIpc) is 3.16. The van der Waals surface area contributed by atoms with E-state index >= 15 is 0 Å². The van der Waals surface area contributed by atoms with Crippen LogP contribution >= 0.6 is 0 Å². The van der Waals surface area contributed by atoms with Crippen LogP contribution in [0, 0.1) is 26.7 Å². The van der Waals surface area contributed by atoms with Crippen molar-refractivity contribution >= 4 is 21.8 Å². The summed E-state index contributed by atoms with van der Waals surface area (Å²) >= 11 is 0. The lowest BCUT2D eigenvalue weighted by Crippen LogP contribution is -2.52. The van der Waals surface area contributed by atoms with Crippen LogP contribution in [0.15, 0.2) is 47.4 Å². The van der Waals surface area contributed by atoms with Crippen molar-refractivity contribution < 1.29 is 18.0 Å². The number of hydrogen-bond donors (Lipinski definition) is 0. The molecule has 1 atom stereocenters. The maximum absolute atomic E-state index is 13.1. The molecule has 0 N–H and O–H groups in total. The quantitative estimate of drug-likeness (QED) is 0.674. The van der Waals surface area contributed by atoms with Crippen LogP contribution in [0.1, 0.15) is 28.7 Å². The van der Waals surface area contributed by atoms with Gasteiger partial charge in [-0.05, 0) is 43.5 Å². The predicted molar refractivity (Wildman–Crippen MR) is 126 cm³/mol. The number of nitrogens with zero attached hydrogens (tertiary/aromatic N) is 3. The molecule has 2 amide bonds. The highest BCUT2D eigenvalue weighted by Crippen LogP contribution is 2.25. The molecule has 2 aromatic rings. The zero-order valence-electron chi connectivity index (χ0n) is 19.5. The number of benzene rings is 2. The van der Waals surface area contributed by atoms with E-state index in [1.54, 1.807) is 22.8 Å². The van der Waals surface area contributed by atoms with Gasteiger partial charge in [0, 0.05) is 45.7 Å². The van der Waals surface area contributed by atoms with E-state index < -0.39 is 10.0 Å². The summed E-state index contributed by atoms with van der Waals surface area (Å²) in [5.74, 6) is -0.436. The van der Waals surface area contributed by atoms with E-state index in [2.05, 4.69) is 0 Å². The fourth-order valence-electron chi connectivity index (χ4n) is 4.54. The number of hydrogen-bond acceptors (Lipinski definition) is 4. The molecule has 0 aliphatic carbocycles. The Morgan fingerprint density at radius 3 is 2.24 bits per heavy atom. The van der Waals surface area contributed by atoms with Gasteiger partial charge in [-0.15, -0.1) is 0 Å². The first-order chi connectivity index (χ1) is 15.6. The number of amides is 2. The summed E-state index contributed by atoms with van der Waals surface area (Å²) in [6.07, 6.45) is 0.214. The van der Waals surface area contributed by atoms with Crippen molar-refractivity contribution in [3.05, 3.63) is 64.7 Å². The summed E-state index contributed by atoms with van der Waals surface area (Å²) < 4.78 is 27.7. The Bertz CT molecular complexity index is 1150. The summed E-state index contributed by atoms with van der Waals surface area (Å²) in [6.45, 7) is 7.80. The highest BCUT2D eigenvalue weighted by atomic mass is 32.2. The lowest BCUT2D eigenvalue weighted by atomic mass is 10.1. The highest BCUT2D eigenvalue weighted by Gasteiger charge is 2.38. The fourth-order valence-corrected chi connectivity index (χ4v) is 6.27. The molecule has 7 nitrogen and oxygen atoms in total. The Hall–Kier alpha value is -2.71. The van der Waals surface area contributed by atoms with Gasteiger partial charge in [0.1, 0.15) is 0 Å². The Labute approximate surface area is 196 Å². The first-order valence-corrected chi connectivity index (χ1v) is 12.8. The first-order valence-electron chi connectivity index (χ1n) is 11.3. The van der Waals surface area contributed by atoms with Crippen molar-refractivity contribution in [3.8, 4) is 0 Å². The van der Waals surface area contributed by atoms with E-state index in [1.165, 1.54) is 9.87 Å². The van der Waals surface area contributed by atoms with Gasteiger partial charge in [0.05, 0.1) is 10.8 Å². The topological polar surface area (TPSA) is 78.0 Å². The maximum Gasteiger partial charge on any atom is 0.243 e. The maximum atomic E-state index is 13.1. The Kier molecular flexibility index (Phi) is 6.59. The van der Waals surface area contributed by atoms with E-state index in [-0.39, 0.29) is 37.2 Å². The van der Waals surface area contributed by atoms with Gasteiger partial charge in [-0.3, -0.25) is 9.59 Å². The van der Waals surface area contributed by atoms with E-state index in [0.717, 1.165) is 16.7 Å². The van der Waals surface area contributed by atoms with Crippen LogP contribution in [-0.4, -0.2) is 67.1 Å². The Balaban J connectivity index is 1.36. The monoisotopic (exact) mass is 469 g/mol. The molecule has 0 saturated carbocycles. The van der Waals surface area contributed by atoms with Crippen molar-refractivity contribution in [2.24, 2.45) is 5.92 Å². The number of carbonyl (C=O) groups is 2. The van der Waals surface area contributed by atoms with Crippen molar-refractivity contribution in [1.29, 1.82) is 0 Å². The molecule has 2 fully saturated rings. The van der Waals surface area contributed by atoms with Crippen LogP contribution in [0.25, 0.3) is 0 Å². The van der Waals surface area contributed by atoms with Crippen LogP contribution in [0.2, 0.25) is 0 Å². The summed E-state index contributed by atoms with van der Waals surface area (Å²) in [5, 5.41) is 0. The van der Waals surface area contributed by atoms with Crippen LogP contribution in [0.5, 0.6) is 0 Å². The Morgan fingerprint density at radius 2 is 1.58 bits per heavy atom. The molecule has 33 heavy (non-hydrogen) atoms. The van der Waals surface area contributed by atoms with E-state index in [4.69, 9.17) is 0 Å². The van der Waals surface area contributed by atoms with Gasteiger partial charge in [-0.25, -0.2) is 8.42 Å². The average molecular weight is 470 g/mol. The number of piperazine rings is 1. The molecule has 2 saturated heterocycles. The molecule has 2 aliphatic rings. The molecule has 2 heterocycles.